The van der Waals surface area contributed by atoms with Crippen molar-refractivity contribution >= 4 is 19.7 Å². The largest absolute Gasteiger partial charge is 0.514 e. The van der Waals surface area contributed by atoms with E-state index in [1.54, 1.807) is 13.0 Å². The summed E-state index contributed by atoms with van der Waals surface area (Å²) in [6.45, 7) is 1.75. The van der Waals surface area contributed by atoms with Gasteiger partial charge in [-0.25, -0.2) is 9.36 Å². The van der Waals surface area contributed by atoms with E-state index in [0.717, 1.165) is 0 Å². The molecule has 1 aromatic carbocycles. The van der Waals surface area contributed by atoms with Gasteiger partial charge in [0, 0.05) is 0 Å². The molecule has 0 fully saturated rings. The Morgan fingerprint density at radius 2 is 1.90 bits per heavy atom. The molecule has 2 atom stereocenters. The molecule has 0 heterocycles. The molecule has 0 saturated heterocycles. The van der Waals surface area contributed by atoms with Crippen molar-refractivity contribution in [3.63, 3.8) is 0 Å². The fourth-order valence-corrected chi connectivity index (χ4v) is 2.68. The van der Waals surface area contributed by atoms with E-state index in [9.17, 15) is 19.0 Å². The van der Waals surface area contributed by atoms with Crippen LogP contribution in [0.5, 0.6) is 0 Å². The van der Waals surface area contributed by atoms with Gasteiger partial charge in [-0.05, 0) is 12.0 Å². The molecule has 0 amide bonds. The highest BCUT2D eigenvalue weighted by atomic mass is 31.2. The van der Waals surface area contributed by atoms with E-state index < -0.39 is 25.4 Å². The van der Waals surface area contributed by atoms with Gasteiger partial charge in [-0.15, -0.1) is 0 Å². The van der Waals surface area contributed by atoms with Crippen molar-refractivity contribution in [3.8, 4) is 0 Å². The summed E-state index contributed by atoms with van der Waals surface area (Å²) >= 11 is 0. The molecule has 0 aliphatic carbocycles. The van der Waals surface area contributed by atoms with Crippen LogP contribution in [0.25, 0.3) is 0 Å². The minimum Gasteiger partial charge on any atom is -0.480 e. The summed E-state index contributed by atoms with van der Waals surface area (Å²) in [5.41, 5.74) is -1.79. The number of hydrogen-bond donors (Lipinski definition) is 2. The molecule has 0 saturated carbocycles. The maximum atomic E-state index is 12.0. The van der Waals surface area contributed by atoms with Crippen LogP contribution in [-0.2, 0) is 18.6 Å². The molecular weight excluding hydrogens is 287 g/mol. The summed E-state index contributed by atoms with van der Waals surface area (Å²) in [6, 6.07) is 7.38. The molecule has 20 heavy (non-hydrogen) atoms. The molecular formula is C12H15O7P. The highest BCUT2D eigenvalue weighted by Gasteiger charge is 2.43. The highest BCUT2D eigenvalue weighted by Crippen LogP contribution is 2.56. The van der Waals surface area contributed by atoms with E-state index in [1.165, 1.54) is 24.3 Å². The van der Waals surface area contributed by atoms with Gasteiger partial charge < -0.3 is 19.3 Å². The predicted octanol–water partition coefficient (Wildman–Crippen LogP) is 2.56. The van der Waals surface area contributed by atoms with Crippen molar-refractivity contribution in [1.29, 1.82) is 0 Å². The number of rotatable bonds is 6. The van der Waals surface area contributed by atoms with Gasteiger partial charge in [-0.3, -0.25) is 4.79 Å². The van der Waals surface area contributed by atoms with Crippen LogP contribution in [0.4, 0.5) is 4.79 Å². The second kappa shape index (κ2) is 7.07. The second-order valence-electron chi connectivity index (χ2n) is 3.91. The van der Waals surface area contributed by atoms with Gasteiger partial charge in [-0.1, -0.05) is 37.3 Å². The number of aliphatic carboxylic acids is 1. The molecule has 0 spiro atoms. The maximum Gasteiger partial charge on any atom is 0.514 e. The molecule has 0 aromatic heterocycles. The first-order valence-electron chi connectivity index (χ1n) is 5.85. The monoisotopic (exact) mass is 302 g/mol. The third-order valence-corrected chi connectivity index (χ3v) is 3.89. The molecule has 8 heteroatoms. The number of carboxylic acids is 1. The van der Waals surface area contributed by atoms with Crippen LogP contribution in [0.15, 0.2) is 30.3 Å². The number of carbonyl (C=O) groups is 2. The predicted molar refractivity (Wildman–Crippen MR) is 69.4 cm³/mol. The van der Waals surface area contributed by atoms with E-state index >= 15 is 0 Å². The Morgan fingerprint density at radius 1 is 1.30 bits per heavy atom. The Hall–Kier alpha value is -1.85. The molecule has 0 bridgehead atoms. The lowest BCUT2D eigenvalue weighted by Gasteiger charge is -2.18. The molecule has 2 unspecified atom stereocenters. The number of carboxylic acid groups (broad SMARTS) is 1. The van der Waals surface area contributed by atoms with Crippen molar-refractivity contribution in [3.05, 3.63) is 35.9 Å². The van der Waals surface area contributed by atoms with Crippen LogP contribution in [0.3, 0.4) is 0 Å². The first-order valence-corrected chi connectivity index (χ1v) is 7.49. The van der Waals surface area contributed by atoms with Crippen molar-refractivity contribution in [2.45, 2.75) is 19.0 Å². The standard InChI is InChI=1S/C12H15O7P/c1-2-8-18-12(15)19-20(16,17)10(11(13)14)9-6-4-3-5-7-9/h3-7,10H,2,8H2,1H3,(H,13,14)(H,16,17). The Balaban J connectivity index is 2.93. The van der Waals surface area contributed by atoms with E-state index in [1.807, 2.05) is 0 Å². The van der Waals surface area contributed by atoms with Gasteiger partial charge in [0.25, 0.3) is 0 Å². The minimum atomic E-state index is -4.75. The van der Waals surface area contributed by atoms with Crippen molar-refractivity contribution in [1.82, 2.24) is 0 Å². The molecule has 0 aliphatic heterocycles. The fourth-order valence-electron chi connectivity index (χ4n) is 1.48. The Morgan fingerprint density at radius 3 is 2.40 bits per heavy atom. The maximum absolute atomic E-state index is 12.0. The van der Waals surface area contributed by atoms with E-state index in [0.29, 0.717) is 6.42 Å². The zero-order chi connectivity index (χ0) is 15.2. The lowest BCUT2D eigenvalue weighted by molar-refractivity contribution is -0.137. The van der Waals surface area contributed by atoms with Crippen LogP contribution >= 0.6 is 7.60 Å². The van der Waals surface area contributed by atoms with E-state index in [-0.39, 0.29) is 12.2 Å². The van der Waals surface area contributed by atoms with Crippen LogP contribution in [-0.4, -0.2) is 28.7 Å². The Kier molecular flexibility index (Phi) is 5.73. The van der Waals surface area contributed by atoms with Crippen molar-refractivity contribution < 1.29 is 33.4 Å². The second-order valence-corrected chi connectivity index (χ2v) is 5.73. The van der Waals surface area contributed by atoms with E-state index in [2.05, 4.69) is 9.26 Å². The van der Waals surface area contributed by atoms with Gasteiger partial charge in [-0.2, -0.15) is 0 Å². The topological polar surface area (TPSA) is 110 Å². The highest BCUT2D eigenvalue weighted by molar-refractivity contribution is 7.54. The van der Waals surface area contributed by atoms with Gasteiger partial charge >= 0.3 is 19.7 Å². The lowest BCUT2D eigenvalue weighted by Crippen LogP contribution is -2.16. The minimum absolute atomic E-state index is 0.0158. The molecule has 0 radical (unpaired) electrons. The van der Waals surface area contributed by atoms with Gasteiger partial charge in [0.05, 0.1) is 6.61 Å². The Bertz CT molecular complexity index is 514. The third kappa shape index (κ3) is 4.36. The third-order valence-electron chi connectivity index (χ3n) is 2.30. The van der Waals surface area contributed by atoms with Crippen LogP contribution in [0, 0.1) is 0 Å². The molecule has 1 aromatic rings. The van der Waals surface area contributed by atoms with Crippen molar-refractivity contribution in [2.75, 3.05) is 6.61 Å². The molecule has 110 valence electrons. The zero-order valence-electron chi connectivity index (χ0n) is 10.8. The lowest BCUT2D eigenvalue weighted by atomic mass is 10.1. The summed E-state index contributed by atoms with van der Waals surface area (Å²) in [4.78, 5) is 32.1. The normalized spacial score (nSPS) is 14.9. The fraction of sp³-hybridized carbons (Fsp3) is 0.333. The molecule has 1 rings (SSSR count). The van der Waals surface area contributed by atoms with E-state index in [4.69, 9.17) is 5.11 Å². The summed E-state index contributed by atoms with van der Waals surface area (Å²) in [5.74, 6) is -1.56. The molecule has 0 aliphatic rings. The van der Waals surface area contributed by atoms with Crippen LogP contribution in [0.1, 0.15) is 24.6 Å². The first kappa shape index (κ1) is 16.2. The molecule has 7 nitrogen and oxygen atoms in total. The van der Waals surface area contributed by atoms with Gasteiger partial charge in [0.2, 0.25) is 0 Å². The van der Waals surface area contributed by atoms with Crippen LogP contribution in [0.2, 0.25) is 0 Å². The van der Waals surface area contributed by atoms with Crippen molar-refractivity contribution in [2.24, 2.45) is 0 Å². The van der Waals surface area contributed by atoms with Gasteiger partial charge in [0.1, 0.15) is 0 Å². The summed E-state index contributed by atoms with van der Waals surface area (Å²) in [6.07, 6.45) is -0.855. The average Bonchev–Trinajstić information content (AvgIpc) is 2.36. The smallest absolute Gasteiger partial charge is 0.480 e. The zero-order valence-corrected chi connectivity index (χ0v) is 11.7. The number of benzene rings is 1. The first-order chi connectivity index (χ1) is 9.38. The number of ether oxygens (including phenoxy) is 1. The van der Waals surface area contributed by atoms with Gasteiger partial charge in [0.15, 0.2) is 5.66 Å². The summed E-state index contributed by atoms with van der Waals surface area (Å²) < 4.78 is 20.8. The summed E-state index contributed by atoms with van der Waals surface area (Å²) in [5, 5.41) is 9.09. The average molecular weight is 302 g/mol. The molecule has 2 N–H and O–H groups in total. The SMILES string of the molecule is CCCOC(=O)OP(=O)(O)C(C(=O)O)c1ccccc1. The summed E-state index contributed by atoms with van der Waals surface area (Å²) in [7, 11) is -4.75. The van der Waals surface area contributed by atoms with Crippen LogP contribution < -0.4 is 0 Å². The Labute approximate surface area is 115 Å². The number of hydrogen-bond acceptors (Lipinski definition) is 5. The quantitative estimate of drug-likeness (QED) is 0.613. The number of carbonyl (C=O) groups excluding carboxylic acids is 1.